The third-order valence-corrected chi connectivity index (χ3v) is 9.03. The van der Waals surface area contributed by atoms with E-state index < -0.39 is 20.0 Å². The molecule has 0 heterocycles. The summed E-state index contributed by atoms with van der Waals surface area (Å²) in [5, 5.41) is 4.96. The summed E-state index contributed by atoms with van der Waals surface area (Å²) in [6.45, 7) is 16.6. The number of hydrogen-bond donors (Lipinski definition) is 1. The quantitative estimate of drug-likeness (QED) is 0.619. The summed E-state index contributed by atoms with van der Waals surface area (Å²) in [7, 11) is -1.93. The molecule has 0 bridgehead atoms. The number of anilines is 1. The summed E-state index contributed by atoms with van der Waals surface area (Å²) in [6.07, 6.45) is -0.458. The third-order valence-electron chi connectivity index (χ3n) is 4.67. The van der Waals surface area contributed by atoms with Gasteiger partial charge in [0, 0.05) is 5.39 Å². The maximum atomic E-state index is 12.2. The molecular weight excluding hydrogens is 342 g/mol. The summed E-state index contributed by atoms with van der Waals surface area (Å²) in [4.78, 5) is 12.2. The van der Waals surface area contributed by atoms with Gasteiger partial charge in [0.15, 0.2) is 0 Å². The normalized spacial score (nSPS) is 12.8. The first-order valence-electron chi connectivity index (χ1n) is 9.00. The van der Waals surface area contributed by atoms with Gasteiger partial charge in [-0.25, -0.2) is 4.79 Å². The zero-order valence-electron chi connectivity index (χ0n) is 17.2. The fraction of sp³-hybridized carbons (Fsp3) is 0.476. The molecule has 0 unspecified atom stereocenters. The molecule has 0 fully saturated rings. The lowest BCUT2D eigenvalue weighted by molar-refractivity contribution is 0.0636. The highest BCUT2D eigenvalue weighted by atomic mass is 28.4. The second-order valence-corrected chi connectivity index (χ2v) is 13.9. The van der Waals surface area contributed by atoms with E-state index in [-0.39, 0.29) is 5.04 Å². The minimum Gasteiger partial charge on any atom is -0.543 e. The lowest BCUT2D eigenvalue weighted by Gasteiger charge is -2.36. The lowest BCUT2D eigenvalue weighted by atomic mass is 10.1. The standard InChI is InChI=1S/C21H31NO3Si/c1-20(2,3)24-19(23)22-18-11-9-10-15-12-13-16(14-17(15)18)25-26(7,8)21(4,5)6/h9-14H,1-8H3,(H,22,23). The molecule has 0 atom stereocenters. The van der Waals surface area contributed by atoms with Gasteiger partial charge in [0.05, 0.1) is 5.69 Å². The van der Waals surface area contributed by atoms with Crippen LogP contribution >= 0.6 is 0 Å². The molecule has 2 aromatic carbocycles. The Balaban J connectivity index is 2.34. The van der Waals surface area contributed by atoms with Gasteiger partial charge in [-0.05, 0) is 62.5 Å². The number of carbonyl (C=O) groups excluding carboxylic acids is 1. The smallest absolute Gasteiger partial charge is 0.412 e. The largest absolute Gasteiger partial charge is 0.543 e. The molecule has 0 aliphatic heterocycles. The number of benzene rings is 2. The van der Waals surface area contributed by atoms with Crippen molar-refractivity contribution in [2.45, 2.75) is 65.3 Å². The summed E-state index contributed by atoms with van der Waals surface area (Å²) < 4.78 is 11.8. The highest BCUT2D eigenvalue weighted by molar-refractivity contribution is 6.74. The van der Waals surface area contributed by atoms with Crippen LogP contribution in [-0.4, -0.2) is 20.0 Å². The van der Waals surface area contributed by atoms with Crippen LogP contribution < -0.4 is 9.74 Å². The van der Waals surface area contributed by atoms with E-state index >= 15 is 0 Å². The highest BCUT2D eigenvalue weighted by Gasteiger charge is 2.39. The zero-order valence-corrected chi connectivity index (χ0v) is 18.2. The average Bonchev–Trinajstić information content (AvgIpc) is 2.44. The molecule has 0 radical (unpaired) electrons. The van der Waals surface area contributed by atoms with E-state index in [9.17, 15) is 4.79 Å². The third kappa shape index (κ3) is 5.01. The van der Waals surface area contributed by atoms with Crippen molar-refractivity contribution < 1.29 is 14.0 Å². The average molecular weight is 374 g/mol. The minimum atomic E-state index is -1.93. The summed E-state index contributed by atoms with van der Waals surface area (Å²) >= 11 is 0. The van der Waals surface area contributed by atoms with Crippen molar-refractivity contribution in [3.8, 4) is 5.75 Å². The van der Waals surface area contributed by atoms with Crippen molar-refractivity contribution in [2.75, 3.05) is 5.32 Å². The molecule has 4 nitrogen and oxygen atoms in total. The topological polar surface area (TPSA) is 47.6 Å². The number of fused-ring (bicyclic) bond motifs is 1. The van der Waals surface area contributed by atoms with Gasteiger partial charge in [-0.3, -0.25) is 5.32 Å². The first kappa shape index (κ1) is 20.3. The van der Waals surface area contributed by atoms with Gasteiger partial charge in [0.1, 0.15) is 11.4 Å². The molecule has 5 heteroatoms. The Bertz CT molecular complexity index is 801. The van der Waals surface area contributed by atoms with Crippen LogP contribution in [0, 0.1) is 0 Å². The van der Waals surface area contributed by atoms with Gasteiger partial charge in [-0.1, -0.05) is 39.0 Å². The van der Waals surface area contributed by atoms with Crippen LogP contribution in [-0.2, 0) is 4.74 Å². The van der Waals surface area contributed by atoms with Crippen LogP contribution in [0.1, 0.15) is 41.5 Å². The molecule has 0 aliphatic rings. The highest BCUT2D eigenvalue weighted by Crippen LogP contribution is 2.38. The Morgan fingerprint density at radius 3 is 2.23 bits per heavy atom. The number of ether oxygens (including phenoxy) is 1. The molecule has 2 aromatic rings. The number of hydrogen-bond acceptors (Lipinski definition) is 3. The van der Waals surface area contributed by atoms with Gasteiger partial charge in [0.2, 0.25) is 8.32 Å². The van der Waals surface area contributed by atoms with E-state index in [1.165, 1.54) is 0 Å². The molecule has 26 heavy (non-hydrogen) atoms. The predicted octanol–water partition coefficient (Wildman–Crippen LogP) is 6.57. The fourth-order valence-electron chi connectivity index (χ4n) is 2.29. The molecule has 0 saturated heterocycles. The van der Waals surface area contributed by atoms with Gasteiger partial charge in [-0.2, -0.15) is 0 Å². The van der Waals surface area contributed by atoms with Crippen molar-refractivity contribution in [2.24, 2.45) is 0 Å². The van der Waals surface area contributed by atoms with Crippen LogP contribution in [0.3, 0.4) is 0 Å². The first-order chi connectivity index (χ1) is 11.8. The van der Waals surface area contributed by atoms with Crippen LogP contribution in [0.4, 0.5) is 10.5 Å². The number of rotatable bonds is 3. The minimum absolute atomic E-state index is 0.121. The molecule has 1 amide bonds. The molecule has 142 valence electrons. The predicted molar refractivity (Wildman–Crippen MR) is 112 cm³/mol. The van der Waals surface area contributed by atoms with E-state index in [0.29, 0.717) is 0 Å². The summed E-state index contributed by atoms with van der Waals surface area (Å²) in [5.41, 5.74) is 0.183. The Hall–Kier alpha value is -2.01. The van der Waals surface area contributed by atoms with E-state index in [0.717, 1.165) is 22.2 Å². The molecular formula is C21H31NO3Si. The fourth-order valence-corrected chi connectivity index (χ4v) is 3.31. The summed E-state index contributed by atoms with van der Waals surface area (Å²) in [6, 6.07) is 11.8. The zero-order chi connectivity index (χ0) is 19.8. The molecule has 0 saturated carbocycles. The second-order valence-electron chi connectivity index (χ2n) is 9.18. The van der Waals surface area contributed by atoms with Gasteiger partial charge >= 0.3 is 6.09 Å². The van der Waals surface area contributed by atoms with Gasteiger partial charge < -0.3 is 9.16 Å². The summed E-state index contributed by atoms with van der Waals surface area (Å²) in [5.74, 6) is 0.836. The molecule has 0 spiro atoms. The van der Waals surface area contributed by atoms with Crippen molar-refractivity contribution in [1.29, 1.82) is 0 Å². The van der Waals surface area contributed by atoms with E-state index in [2.05, 4.69) is 39.2 Å². The Morgan fingerprint density at radius 2 is 1.65 bits per heavy atom. The van der Waals surface area contributed by atoms with Crippen LogP contribution in [0.15, 0.2) is 36.4 Å². The Labute approximate surface area is 158 Å². The first-order valence-corrected chi connectivity index (χ1v) is 11.9. The van der Waals surface area contributed by atoms with E-state index in [1.54, 1.807) is 0 Å². The molecule has 0 aliphatic carbocycles. The Kier molecular flexibility index (Phi) is 5.43. The maximum Gasteiger partial charge on any atom is 0.412 e. The van der Waals surface area contributed by atoms with Crippen LogP contribution in [0.25, 0.3) is 10.8 Å². The number of nitrogens with one attached hydrogen (secondary N) is 1. The van der Waals surface area contributed by atoms with Gasteiger partial charge in [-0.15, -0.1) is 0 Å². The van der Waals surface area contributed by atoms with Crippen LogP contribution in [0.2, 0.25) is 18.1 Å². The van der Waals surface area contributed by atoms with Crippen molar-refractivity contribution in [3.05, 3.63) is 36.4 Å². The van der Waals surface area contributed by atoms with E-state index in [1.807, 2.05) is 57.2 Å². The number of amides is 1. The van der Waals surface area contributed by atoms with Crippen molar-refractivity contribution >= 4 is 30.9 Å². The number of carbonyl (C=O) groups is 1. The van der Waals surface area contributed by atoms with Crippen molar-refractivity contribution in [1.82, 2.24) is 0 Å². The molecule has 1 N–H and O–H groups in total. The van der Waals surface area contributed by atoms with E-state index in [4.69, 9.17) is 9.16 Å². The SMILES string of the molecule is CC(C)(C)OC(=O)Nc1cccc2ccc(O[Si](C)(C)C(C)(C)C)cc12. The lowest BCUT2D eigenvalue weighted by Crippen LogP contribution is -2.43. The van der Waals surface area contributed by atoms with Crippen molar-refractivity contribution in [3.63, 3.8) is 0 Å². The Morgan fingerprint density at radius 1 is 1.00 bits per heavy atom. The van der Waals surface area contributed by atoms with Gasteiger partial charge in [0.25, 0.3) is 0 Å². The monoisotopic (exact) mass is 373 g/mol. The maximum absolute atomic E-state index is 12.2. The second kappa shape index (κ2) is 6.95. The molecule has 0 aromatic heterocycles. The molecule has 2 rings (SSSR count). The van der Waals surface area contributed by atoms with Crippen LogP contribution in [0.5, 0.6) is 5.75 Å².